The molecule has 1 aliphatic heterocycles. The highest BCUT2D eigenvalue weighted by Gasteiger charge is 2.37. The van der Waals surface area contributed by atoms with E-state index in [9.17, 15) is 31.1 Å². The molecule has 8 nitrogen and oxygen atoms in total. The van der Waals surface area contributed by atoms with Crippen LogP contribution >= 0.6 is 28.1 Å². The minimum Gasteiger partial charge on any atom is -0.478 e. The van der Waals surface area contributed by atoms with Gasteiger partial charge in [-0.05, 0) is 37.4 Å². The van der Waals surface area contributed by atoms with Crippen LogP contribution in [0.15, 0.2) is 51.4 Å². The lowest BCUT2D eigenvalue weighted by Crippen LogP contribution is -2.51. The van der Waals surface area contributed by atoms with E-state index in [1.54, 1.807) is 6.20 Å². The molecule has 1 aromatic carbocycles. The van der Waals surface area contributed by atoms with Gasteiger partial charge in [0.05, 0.1) is 11.1 Å². The number of nitrogens with zero attached hydrogens (tertiary/aromatic N) is 4. The van der Waals surface area contributed by atoms with Gasteiger partial charge >= 0.3 is 18.4 Å². The SMILES string of the molecule is C/C=C\NC(Br)/C=C/CO/C=N/S/N=C(\CC)N1CCN(C(=O)Nc2cc(C(F)(F)F)cc(C(F)(F)F)c2)CC1. The van der Waals surface area contributed by atoms with E-state index in [0.717, 1.165) is 12.1 Å². The van der Waals surface area contributed by atoms with E-state index in [0.29, 0.717) is 44.1 Å². The molecule has 1 fully saturated rings. The van der Waals surface area contributed by atoms with Gasteiger partial charge in [-0.25, -0.2) is 4.79 Å². The van der Waals surface area contributed by atoms with Gasteiger partial charge in [0.15, 0.2) is 6.40 Å². The van der Waals surface area contributed by atoms with Crippen LogP contribution in [0.5, 0.6) is 0 Å². The fourth-order valence-electron chi connectivity index (χ4n) is 3.38. The maximum atomic E-state index is 13.1. The Morgan fingerprint density at radius 3 is 2.25 bits per heavy atom. The molecule has 222 valence electrons. The molecule has 1 saturated heterocycles. The predicted molar refractivity (Wildman–Crippen MR) is 148 cm³/mol. The summed E-state index contributed by atoms with van der Waals surface area (Å²) in [4.78, 5) is 15.8. The normalized spacial score (nSPS) is 16.3. The Balaban J connectivity index is 1.87. The molecule has 16 heteroatoms. The highest BCUT2D eigenvalue weighted by molar-refractivity contribution is 9.09. The zero-order valence-electron chi connectivity index (χ0n) is 21.6. The molecule has 1 aromatic rings. The van der Waals surface area contributed by atoms with Crippen LogP contribution in [0.25, 0.3) is 0 Å². The molecule has 0 aliphatic carbocycles. The van der Waals surface area contributed by atoms with E-state index >= 15 is 0 Å². The summed E-state index contributed by atoms with van der Waals surface area (Å²) in [6, 6.07) is 0.166. The molecular formula is C24H29BrF6N6O2S. The molecule has 1 atom stereocenters. The van der Waals surface area contributed by atoms with Crippen LogP contribution in [0.4, 0.5) is 36.8 Å². The van der Waals surface area contributed by atoms with Crippen LogP contribution in [0.1, 0.15) is 31.4 Å². The maximum absolute atomic E-state index is 13.1. The van der Waals surface area contributed by atoms with Gasteiger partial charge in [0, 0.05) is 38.3 Å². The van der Waals surface area contributed by atoms with Gasteiger partial charge in [-0.2, -0.15) is 35.1 Å². The van der Waals surface area contributed by atoms with Crippen LogP contribution in [0.2, 0.25) is 0 Å². The number of piperazine rings is 1. The number of alkyl halides is 7. The minimum atomic E-state index is -5.01. The third kappa shape index (κ3) is 11.3. The monoisotopic (exact) mass is 658 g/mol. The average Bonchev–Trinajstić information content (AvgIpc) is 2.90. The van der Waals surface area contributed by atoms with E-state index in [1.165, 1.54) is 11.3 Å². The molecule has 40 heavy (non-hydrogen) atoms. The second-order valence-corrected chi connectivity index (χ2v) is 9.73. The number of carbonyl (C=O) groups excluding carboxylic acids is 1. The standard InChI is InChI=1S/C24H29BrF6N6O2S/c1-3-7-32-20(25)6-5-12-39-16-33-40-35-21(4-2)36-8-10-37(11-9-36)22(38)34-19-14-17(23(26,27)28)13-18(15-19)24(29,30)31/h3,5-7,13-16,20,32H,4,8-12H2,1-2H3,(H,34,38)/b6-5+,7-3-,33-16+,35-21+. The lowest BCUT2D eigenvalue weighted by Gasteiger charge is -2.36. The topological polar surface area (TPSA) is 81.6 Å². The lowest BCUT2D eigenvalue weighted by atomic mass is 10.1. The maximum Gasteiger partial charge on any atom is 0.416 e. The van der Waals surface area contributed by atoms with Crippen molar-refractivity contribution in [3.05, 3.63) is 53.8 Å². The number of benzene rings is 1. The number of amidine groups is 1. The smallest absolute Gasteiger partial charge is 0.416 e. The number of anilines is 1. The first-order chi connectivity index (χ1) is 18.8. The molecule has 0 spiro atoms. The first-order valence-corrected chi connectivity index (χ1v) is 13.6. The van der Waals surface area contributed by atoms with E-state index in [2.05, 4.69) is 35.4 Å². The summed E-state index contributed by atoms with van der Waals surface area (Å²) in [5.41, 5.74) is -3.59. The number of hydrogen-bond acceptors (Lipinski definition) is 6. The van der Waals surface area contributed by atoms with Gasteiger partial charge in [-0.3, -0.25) is 0 Å². The number of urea groups is 1. The fraction of sp³-hybridized carbons (Fsp3) is 0.458. The Bertz CT molecular complexity index is 1060. The summed E-state index contributed by atoms with van der Waals surface area (Å²) in [7, 11) is 0. The van der Waals surface area contributed by atoms with Crippen LogP contribution in [-0.2, 0) is 17.1 Å². The molecule has 1 unspecified atom stereocenters. The molecule has 2 N–H and O–H groups in total. The minimum absolute atomic E-state index is 0.00923. The van der Waals surface area contributed by atoms with Gasteiger partial charge in [0.2, 0.25) is 0 Å². The quantitative estimate of drug-likeness (QED) is 0.0428. The van der Waals surface area contributed by atoms with Gasteiger partial charge in [0.25, 0.3) is 0 Å². The van der Waals surface area contributed by atoms with Gasteiger partial charge in [-0.1, -0.05) is 35.0 Å². The van der Waals surface area contributed by atoms with Crippen LogP contribution in [-0.4, -0.2) is 65.8 Å². The molecule has 1 aliphatic rings. The Labute approximate surface area is 241 Å². The number of carbonyl (C=O) groups is 1. The Hall–Kier alpha value is -2.88. The first kappa shape index (κ1) is 33.3. The molecule has 2 amide bonds. The van der Waals surface area contributed by atoms with Crippen LogP contribution in [0.3, 0.4) is 0 Å². The molecule has 0 aromatic heterocycles. The van der Waals surface area contributed by atoms with Crippen molar-refractivity contribution in [3.8, 4) is 0 Å². The van der Waals surface area contributed by atoms with Crippen molar-refractivity contribution in [2.24, 2.45) is 8.80 Å². The zero-order valence-corrected chi connectivity index (χ0v) is 24.0. The number of halogens is 7. The number of ether oxygens (including phenoxy) is 1. The lowest BCUT2D eigenvalue weighted by molar-refractivity contribution is -0.143. The van der Waals surface area contributed by atoms with Gasteiger partial charge < -0.3 is 25.2 Å². The second kappa shape index (κ2) is 15.8. The predicted octanol–water partition coefficient (Wildman–Crippen LogP) is 6.69. The number of hydrogen-bond donors (Lipinski definition) is 2. The van der Waals surface area contributed by atoms with Gasteiger partial charge in [-0.15, -0.1) is 0 Å². The summed E-state index contributed by atoms with van der Waals surface area (Å²) in [5.74, 6) is 0.715. The van der Waals surface area contributed by atoms with Crippen LogP contribution < -0.4 is 10.6 Å². The first-order valence-electron chi connectivity index (χ1n) is 12.0. The summed E-state index contributed by atoms with van der Waals surface area (Å²) in [5, 5.41) is 5.22. The Morgan fingerprint density at radius 1 is 1.10 bits per heavy atom. The summed E-state index contributed by atoms with van der Waals surface area (Å²) in [6.45, 7) is 5.24. The Kier molecular flexibility index (Phi) is 13.2. The molecule has 0 saturated carbocycles. The Morgan fingerprint density at radius 2 is 1.70 bits per heavy atom. The van der Waals surface area contributed by atoms with Crippen molar-refractivity contribution in [1.29, 1.82) is 0 Å². The number of allylic oxidation sites excluding steroid dienone is 1. The van der Waals surface area contributed by atoms with E-state index < -0.39 is 35.2 Å². The van der Waals surface area contributed by atoms with Crippen molar-refractivity contribution in [3.63, 3.8) is 0 Å². The van der Waals surface area contributed by atoms with Crippen molar-refractivity contribution in [2.75, 3.05) is 38.1 Å². The third-order valence-corrected chi connectivity index (χ3v) is 6.36. The van der Waals surface area contributed by atoms with Crippen molar-refractivity contribution in [2.45, 2.75) is 37.6 Å². The number of nitrogens with one attached hydrogen (secondary N) is 2. The molecule has 0 radical (unpaired) electrons. The molecule has 1 heterocycles. The summed E-state index contributed by atoms with van der Waals surface area (Å²) >= 11 is 4.34. The number of amides is 2. The molecular weight excluding hydrogens is 630 g/mol. The van der Waals surface area contributed by atoms with Crippen LogP contribution in [0, 0.1) is 0 Å². The highest BCUT2D eigenvalue weighted by atomic mass is 79.9. The van der Waals surface area contributed by atoms with E-state index in [4.69, 9.17) is 4.74 Å². The average molecular weight is 659 g/mol. The fourth-order valence-corrected chi connectivity index (χ4v) is 4.23. The highest BCUT2D eigenvalue weighted by Crippen LogP contribution is 2.37. The van der Waals surface area contributed by atoms with Crippen molar-refractivity contribution in [1.82, 2.24) is 15.1 Å². The molecule has 0 bridgehead atoms. The second-order valence-electron chi connectivity index (χ2n) is 8.18. The summed E-state index contributed by atoms with van der Waals surface area (Å²) < 4.78 is 92.2. The van der Waals surface area contributed by atoms with E-state index in [1.807, 2.05) is 37.0 Å². The summed E-state index contributed by atoms with van der Waals surface area (Å²) in [6.07, 6.45) is -0.810. The largest absolute Gasteiger partial charge is 0.478 e. The molecule has 2 rings (SSSR count). The van der Waals surface area contributed by atoms with E-state index in [-0.39, 0.29) is 24.1 Å². The zero-order chi connectivity index (χ0) is 29.8. The van der Waals surface area contributed by atoms with Gasteiger partial charge in [0.1, 0.15) is 29.5 Å². The third-order valence-electron chi connectivity index (χ3n) is 5.32. The van der Waals surface area contributed by atoms with Crippen molar-refractivity contribution >= 4 is 52.0 Å². The van der Waals surface area contributed by atoms with Crippen molar-refractivity contribution < 1.29 is 35.9 Å². The number of rotatable bonds is 10.